The second kappa shape index (κ2) is 34.2. The van der Waals surface area contributed by atoms with E-state index in [1.54, 1.807) is 25.7 Å². The second-order valence-electron chi connectivity index (χ2n) is 29.4. The molecule has 6 aliphatic rings. The van der Waals surface area contributed by atoms with E-state index in [1.165, 1.54) is 87.6 Å². The number of carbonyl (C=O) groups excluding carboxylic acids is 11. The molecule has 1 spiro atoms. The summed E-state index contributed by atoms with van der Waals surface area (Å²) in [4.78, 5) is 176. The van der Waals surface area contributed by atoms with Gasteiger partial charge in [0.05, 0.1) is 36.1 Å². The number of aryl methyl sites for hydroxylation is 1. The fraction of sp³-hybridized carbons (Fsp3) is 0.757. The number of likely N-dealkylation sites (N-methyl/N-ethyl adjacent to an activating group) is 6. The number of hydrogen-bond donors (Lipinski definition) is 4. The Morgan fingerprint density at radius 3 is 1.91 bits per heavy atom. The van der Waals surface area contributed by atoms with E-state index in [0.29, 0.717) is 57.2 Å². The minimum Gasteiger partial charge on any atom is -0.377 e. The molecule has 10 atom stereocenters. The predicted molar refractivity (Wildman–Crippen MR) is 361 cm³/mol. The molecule has 4 heterocycles. The zero-order chi connectivity index (χ0) is 72.4. The molecule has 4 N–H and O–H groups in total. The molecule has 4 saturated heterocycles. The van der Waals surface area contributed by atoms with Crippen LogP contribution < -0.4 is 16.0 Å². The van der Waals surface area contributed by atoms with Crippen molar-refractivity contribution in [3.63, 3.8) is 0 Å². The minimum absolute atomic E-state index is 0.0396. The Morgan fingerprint density at radius 2 is 1.33 bits per heavy atom. The second-order valence-corrected chi connectivity index (χ2v) is 29.8. The van der Waals surface area contributed by atoms with E-state index in [0.717, 1.165) is 44.2 Å². The van der Waals surface area contributed by atoms with Crippen LogP contribution in [0.4, 0.5) is 13.2 Å². The highest BCUT2D eigenvalue weighted by molar-refractivity contribution is 6.31. The van der Waals surface area contributed by atoms with Crippen LogP contribution in [0.25, 0.3) is 0 Å². The molecule has 0 bridgehead atoms. The van der Waals surface area contributed by atoms with Gasteiger partial charge in [-0.15, -0.1) is 0 Å². The van der Waals surface area contributed by atoms with Crippen molar-refractivity contribution < 1.29 is 71.0 Å². The molecule has 6 fully saturated rings. The summed E-state index contributed by atoms with van der Waals surface area (Å²) in [7, 11) is 8.67. The van der Waals surface area contributed by atoms with Crippen LogP contribution in [0, 0.1) is 23.7 Å². The van der Waals surface area contributed by atoms with E-state index in [1.807, 2.05) is 20.8 Å². The van der Waals surface area contributed by atoms with Gasteiger partial charge in [0.1, 0.15) is 54.1 Å². The molecule has 11 amide bonds. The van der Waals surface area contributed by atoms with E-state index in [-0.39, 0.29) is 76.3 Å². The van der Waals surface area contributed by atoms with Crippen LogP contribution in [0.3, 0.4) is 0 Å². The first-order chi connectivity index (χ1) is 46.1. The lowest BCUT2D eigenvalue weighted by Gasteiger charge is -2.44. The van der Waals surface area contributed by atoms with Crippen molar-refractivity contribution in [2.45, 2.75) is 236 Å². The summed E-state index contributed by atoms with van der Waals surface area (Å²) in [5.74, 6) is -7.81. The zero-order valence-electron chi connectivity index (χ0n) is 59.6. The van der Waals surface area contributed by atoms with Crippen molar-refractivity contribution in [3.05, 3.63) is 34.3 Å². The Labute approximate surface area is 581 Å². The van der Waals surface area contributed by atoms with E-state index < -0.39 is 173 Å². The van der Waals surface area contributed by atoms with Crippen molar-refractivity contribution in [3.8, 4) is 0 Å². The highest BCUT2D eigenvalue weighted by Gasteiger charge is 2.51. The van der Waals surface area contributed by atoms with Gasteiger partial charge in [0.15, 0.2) is 0 Å². The number of aliphatic hydroxyl groups excluding tert-OH is 1. The van der Waals surface area contributed by atoms with Gasteiger partial charge in [-0.25, -0.2) is 0 Å². The topological polar surface area (TPSA) is 273 Å². The monoisotopic (exact) mass is 1400 g/mol. The summed E-state index contributed by atoms with van der Waals surface area (Å²) in [6, 6.07) is -6.34. The molecule has 4 aliphatic heterocycles. The van der Waals surface area contributed by atoms with Crippen LogP contribution in [-0.2, 0) is 65.3 Å². The molecule has 24 nitrogen and oxygen atoms in total. The number of nitrogens with one attached hydrogen (secondary N) is 3. The first-order valence-electron chi connectivity index (χ1n) is 35.5. The number of hydrogen-bond acceptors (Lipinski definition) is 13. The van der Waals surface area contributed by atoms with E-state index in [4.69, 9.17) is 11.6 Å². The van der Waals surface area contributed by atoms with E-state index >= 15 is 19.2 Å². The Kier molecular flexibility index (Phi) is 27.4. The number of nitrogens with zero attached hydrogens (tertiary/aromatic N) is 9. The molecule has 2 saturated carbocycles. The predicted octanol–water partition coefficient (Wildman–Crippen LogP) is 5.04. The van der Waals surface area contributed by atoms with Crippen LogP contribution >= 0.6 is 11.6 Å². The quantitative estimate of drug-likeness (QED) is 0.226. The molecule has 0 aromatic heterocycles. The van der Waals surface area contributed by atoms with Crippen LogP contribution in [-0.4, -0.2) is 256 Å². The number of rotatable bonds is 11. The fourth-order valence-corrected chi connectivity index (χ4v) is 15.6. The van der Waals surface area contributed by atoms with Gasteiger partial charge in [-0.3, -0.25) is 58.1 Å². The summed E-state index contributed by atoms with van der Waals surface area (Å²) in [5, 5.41) is 20.4. The van der Waals surface area contributed by atoms with Crippen molar-refractivity contribution in [1.82, 2.24) is 60.0 Å². The lowest BCUT2D eigenvalue weighted by atomic mass is 9.84. The largest absolute Gasteiger partial charge is 0.417 e. The lowest BCUT2D eigenvalue weighted by Crippen LogP contribution is -2.65. The summed E-state index contributed by atoms with van der Waals surface area (Å²) in [6.07, 6.45) is 1.65. The SMILES string of the molecule is CC[C@H](C)[C@@H]1NC(=O)[C@H](CC(C)C)N(C)C(=O)C[C@@H](C(=O)N2CCCC2)N(C)C(=O)[C@H](C(C)C)N(C)C(=O)C2(CCCC2)NC(=O)[C@@H]2CCCN2C(=O)[C@H](CCc2ccc(C(F)(F)F)c(Cl)c2)NC(O)CN(C)C(=O)[C@H](CC2CCCCC2)N(C)C(=O)[C@@H]2CCN2C(=O)CN(C)C1=O. The van der Waals surface area contributed by atoms with Crippen LogP contribution in [0.2, 0.25) is 5.02 Å². The number of benzene rings is 1. The van der Waals surface area contributed by atoms with Gasteiger partial charge in [0.25, 0.3) is 0 Å². The Balaban J connectivity index is 1.27. The molecular weight excluding hydrogens is 1290 g/mol. The average molecular weight is 1400 g/mol. The first kappa shape index (κ1) is 78.7. The maximum absolute atomic E-state index is 15.4. The van der Waals surface area contributed by atoms with Gasteiger partial charge >= 0.3 is 6.18 Å². The van der Waals surface area contributed by atoms with Crippen LogP contribution in [0.5, 0.6) is 0 Å². The molecule has 1 unspecified atom stereocenters. The number of halogens is 4. The normalized spacial score (nSPS) is 28.1. The third kappa shape index (κ3) is 18.7. The van der Waals surface area contributed by atoms with Gasteiger partial charge in [0.2, 0.25) is 65.0 Å². The summed E-state index contributed by atoms with van der Waals surface area (Å²) in [5.41, 5.74) is -2.29. The molecule has 28 heteroatoms. The highest BCUT2D eigenvalue weighted by atomic mass is 35.5. The Bertz CT molecular complexity index is 3050. The van der Waals surface area contributed by atoms with E-state index in [9.17, 15) is 51.8 Å². The van der Waals surface area contributed by atoms with Crippen molar-refractivity contribution >= 4 is 76.6 Å². The molecular formula is C70H108ClF3N12O12. The number of carbonyl (C=O) groups is 11. The molecule has 2 aliphatic carbocycles. The fourth-order valence-electron chi connectivity index (χ4n) is 15.3. The summed E-state index contributed by atoms with van der Waals surface area (Å²) >= 11 is 6.16. The van der Waals surface area contributed by atoms with E-state index in [2.05, 4.69) is 16.0 Å². The average Bonchev–Trinajstić information content (AvgIpc) is 1.41. The van der Waals surface area contributed by atoms with Crippen LogP contribution in [0.1, 0.15) is 175 Å². The first-order valence-corrected chi connectivity index (χ1v) is 35.9. The lowest BCUT2D eigenvalue weighted by molar-refractivity contribution is -0.158. The number of likely N-dealkylation sites (tertiary alicyclic amines) is 1. The Hall–Kier alpha value is -6.61. The third-order valence-corrected chi connectivity index (χ3v) is 21.9. The van der Waals surface area contributed by atoms with Gasteiger partial charge in [0, 0.05) is 68.5 Å². The van der Waals surface area contributed by atoms with Gasteiger partial charge in [-0.05, 0) is 112 Å². The van der Waals surface area contributed by atoms with Gasteiger partial charge < -0.3 is 59.8 Å². The maximum Gasteiger partial charge on any atom is 0.417 e. The van der Waals surface area contributed by atoms with Gasteiger partial charge in [-0.1, -0.05) is 111 Å². The number of aliphatic hydroxyl groups is 1. The van der Waals surface area contributed by atoms with Crippen molar-refractivity contribution in [1.29, 1.82) is 0 Å². The van der Waals surface area contributed by atoms with Crippen molar-refractivity contribution in [2.24, 2.45) is 23.7 Å². The molecule has 98 heavy (non-hydrogen) atoms. The summed E-state index contributed by atoms with van der Waals surface area (Å²) < 4.78 is 41.6. The zero-order valence-corrected chi connectivity index (χ0v) is 60.4. The maximum atomic E-state index is 15.4. The standard InChI is InChI=1S/C70H108ClF3N12O12/c1-13-44(6)58-66(96)79(8)41-57(89)85-35-29-51(85)64(94)81(10)53(38-45-22-15-14-16-23-45)63(93)78(7)40-55(87)75-49(28-26-46-25-27-47(48(71)37-46)70(72,73)74)62(92)86-34-21-24-50(86)61(91)77-69(30-17-18-31-69)68(98)83(12)59(43(4)5)67(97)82(11)54(65(95)84-32-19-20-33-84)39-56(88)80(9)52(36-42(2)3)60(90)76-58/h25,27,37,42-45,49-55,58-59,75,87H,13-24,26,28-36,38-41H2,1-12H3,(H,76,90)(H,77,91)/t44-,49-,50-,51-,52-,53-,54-,55?,58-,59-/m0/s1. The molecule has 548 valence electrons. The Morgan fingerprint density at radius 1 is 0.673 bits per heavy atom. The van der Waals surface area contributed by atoms with Crippen LogP contribution in [0.15, 0.2) is 18.2 Å². The molecule has 0 radical (unpaired) electrons. The molecule has 1 aromatic carbocycles. The smallest absolute Gasteiger partial charge is 0.377 e. The third-order valence-electron chi connectivity index (χ3n) is 21.5. The molecule has 7 rings (SSSR count). The number of fused-ring (bicyclic) bond motifs is 2. The highest BCUT2D eigenvalue weighted by Crippen LogP contribution is 2.37. The number of alkyl halides is 3. The number of β-amino-alcohol motifs (C(OH)–C–C–N with tert-alkyl or cyclic N) is 1. The minimum atomic E-state index is -4.75. The van der Waals surface area contributed by atoms with Crippen molar-refractivity contribution in [2.75, 3.05) is 81.6 Å². The number of amides is 11. The summed E-state index contributed by atoms with van der Waals surface area (Å²) in [6.45, 7) is 10.9. The van der Waals surface area contributed by atoms with Gasteiger partial charge in [-0.2, -0.15) is 13.2 Å². The molecule has 1 aromatic rings.